The van der Waals surface area contributed by atoms with Gasteiger partial charge in [-0.25, -0.2) is 4.39 Å². The molecule has 1 aromatic carbocycles. The molecule has 0 aliphatic carbocycles. The van der Waals surface area contributed by atoms with E-state index in [4.69, 9.17) is 0 Å². The van der Waals surface area contributed by atoms with Crippen LogP contribution in [0.5, 0.6) is 0 Å². The van der Waals surface area contributed by atoms with Gasteiger partial charge in [0.15, 0.2) is 0 Å². The van der Waals surface area contributed by atoms with Crippen LogP contribution < -0.4 is 5.32 Å². The average molecular weight is 262 g/mol. The lowest BCUT2D eigenvalue weighted by molar-refractivity contribution is 0.624. The summed E-state index contributed by atoms with van der Waals surface area (Å²) in [4.78, 5) is 5.23. The maximum atomic E-state index is 13.0. The Bertz CT molecular complexity index is 517. The molecule has 0 saturated heterocycles. The number of nitrogens with zero attached hydrogens (tertiary/aromatic N) is 1. The van der Waals surface area contributed by atoms with Crippen molar-refractivity contribution in [1.82, 2.24) is 4.98 Å². The highest BCUT2D eigenvalue weighted by Crippen LogP contribution is 2.23. The summed E-state index contributed by atoms with van der Waals surface area (Å²) in [5.41, 5.74) is 2.06. The van der Waals surface area contributed by atoms with Crippen LogP contribution in [-0.4, -0.2) is 11.5 Å². The Morgan fingerprint density at radius 3 is 2.94 bits per heavy atom. The van der Waals surface area contributed by atoms with Crippen LogP contribution >= 0.6 is 11.8 Å². The van der Waals surface area contributed by atoms with Gasteiger partial charge in [-0.05, 0) is 37.3 Å². The fourth-order valence-electron chi connectivity index (χ4n) is 1.59. The van der Waals surface area contributed by atoms with Gasteiger partial charge in [0.25, 0.3) is 0 Å². The van der Waals surface area contributed by atoms with Gasteiger partial charge in [-0.1, -0.05) is 6.07 Å². The maximum Gasteiger partial charge on any atom is 0.124 e. The van der Waals surface area contributed by atoms with Crippen LogP contribution in [-0.2, 0) is 5.75 Å². The molecule has 94 valence electrons. The van der Waals surface area contributed by atoms with Crippen molar-refractivity contribution in [2.75, 3.05) is 11.9 Å². The second-order valence-corrected chi connectivity index (χ2v) is 4.86. The standard InChI is InChI=1S/C14H15FN2S/c1-2-16-12-6-7-17-13(9-12)10-18-14-5-3-4-11(15)8-14/h3-9H,2,10H2,1H3,(H,16,17). The number of hydrogen-bond acceptors (Lipinski definition) is 3. The Balaban J connectivity index is 1.99. The minimum absolute atomic E-state index is 0.200. The van der Waals surface area contributed by atoms with Crippen LogP contribution in [0.3, 0.4) is 0 Å². The molecular formula is C14H15FN2S. The van der Waals surface area contributed by atoms with Gasteiger partial charge < -0.3 is 5.32 Å². The molecule has 2 rings (SSSR count). The molecule has 0 spiro atoms. The molecule has 0 radical (unpaired) electrons. The number of thioether (sulfide) groups is 1. The lowest BCUT2D eigenvalue weighted by atomic mass is 10.3. The molecule has 1 heterocycles. The SMILES string of the molecule is CCNc1ccnc(CSc2cccc(F)c2)c1. The smallest absolute Gasteiger partial charge is 0.124 e. The van der Waals surface area contributed by atoms with E-state index in [0.717, 1.165) is 28.6 Å². The zero-order chi connectivity index (χ0) is 12.8. The highest BCUT2D eigenvalue weighted by atomic mass is 32.2. The first-order valence-electron chi connectivity index (χ1n) is 5.85. The minimum Gasteiger partial charge on any atom is -0.385 e. The van der Waals surface area contributed by atoms with Crippen molar-refractivity contribution in [3.8, 4) is 0 Å². The topological polar surface area (TPSA) is 24.9 Å². The number of halogens is 1. The van der Waals surface area contributed by atoms with Crippen molar-refractivity contribution >= 4 is 17.4 Å². The summed E-state index contributed by atoms with van der Waals surface area (Å²) in [6.45, 7) is 2.95. The predicted molar refractivity (Wildman–Crippen MR) is 74.4 cm³/mol. The van der Waals surface area contributed by atoms with Crippen molar-refractivity contribution < 1.29 is 4.39 Å². The second kappa shape index (κ2) is 6.40. The Morgan fingerprint density at radius 1 is 1.28 bits per heavy atom. The molecule has 0 saturated carbocycles. The molecule has 0 aliphatic heterocycles. The van der Waals surface area contributed by atoms with Gasteiger partial charge >= 0.3 is 0 Å². The number of pyridine rings is 1. The summed E-state index contributed by atoms with van der Waals surface area (Å²) in [6.07, 6.45) is 1.79. The number of hydrogen-bond donors (Lipinski definition) is 1. The van der Waals surface area contributed by atoms with Crippen LogP contribution in [0.4, 0.5) is 10.1 Å². The summed E-state index contributed by atoms with van der Waals surface area (Å²) in [5, 5.41) is 3.25. The Hall–Kier alpha value is -1.55. The van der Waals surface area contributed by atoms with Crippen molar-refractivity contribution in [1.29, 1.82) is 0 Å². The number of rotatable bonds is 5. The van der Waals surface area contributed by atoms with Crippen molar-refractivity contribution in [3.63, 3.8) is 0 Å². The molecule has 4 heteroatoms. The van der Waals surface area contributed by atoms with Crippen molar-refractivity contribution in [2.24, 2.45) is 0 Å². The quantitative estimate of drug-likeness (QED) is 0.826. The lowest BCUT2D eigenvalue weighted by Gasteiger charge is -2.05. The van der Waals surface area contributed by atoms with Crippen LogP contribution in [0.15, 0.2) is 47.5 Å². The fourth-order valence-corrected chi connectivity index (χ4v) is 2.43. The van der Waals surface area contributed by atoms with E-state index >= 15 is 0 Å². The van der Waals surface area contributed by atoms with E-state index in [-0.39, 0.29) is 5.82 Å². The third-order valence-corrected chi connectivity index (χ3v) is 3.41. The van der Waals surface area contributed by atoms with Crippen LogP contribution in [0.1, 0.15) is 12.6 Å². The van der Waals surface area contributed by atoms with Gasteiger partial charge in [-0.2, -0.15) is 0 Å². The molecule has 0 fully saturated rings. The van der Waals surface area contributed by atoms with E-state index in [1.54, 1.807) is 30.1 Å². The third kappa shape index (κ3) is 3.74. The van der Waals surface area contributed by atoms with Gasteiger partial charge in [0.05, 0.1) is 5.69 Å². The third-order valence-electron chi connectivity index (χ3n) is 2.38. The molecular weight excluding hydrogens is 247 g/mol. The molecule has 0 bridgehead atoms. The number of benzene rings is 1. The monoisotopic (exact) mass is 262 g/mol. The summed E-state index contributed by atoms with van der Waals surface area (Å²) >= 11 is 1.58. The molecule has 0 unspecified atom stereocenters. The number of nitrogens with one attached hydrogen (secondary N) is 1. The fraction of sp³-hybridized carbons (Fsp3) is 0.214. The zero-order valence-corrected chi connectivity index (χ0v) is 11.0. The van der Waals surface area contributed by atoms with Gasteiger partial charge in [-0.15, -0.1) is 11.8 Å². The number of aromatic nitrogens is 1. The van der Waals surface area contributed by atoms with E-state index in [1.165, 1.54) is 6.07 Å². The van der Waals surface area contributed by atoms with E-state index < -0.39 is 0 Å². The Morgan fingerprint density at radius 2 is 2.17 bits per heavy atom. The van der Waals surface area contributed by atoms with Crippen molar-refractivity contribution in [3.05, 3.63) is 54.1 Å². The maximum absolute atomic E-state index is 13.0. The normalized spacial score (nSPS) is 10.3. The molecule has 0 aliphatic rings. The summed E-state index contributed by atoms with van der Waals surface area (Å²) in [7, 11) is 0. The highest BCUT2D eigenvalue weighted by Gasteiger charge is 2.00. The molecule has 2 aromatic rings. The molecule has 1 aromatic heterocycles. The van der Waals surface area contributed by atoms with Crippen LogP contribution in [0.2, 0.25) is 0 Å². The first-order valence-corrected chi connectivity index (χ1v) is 6.83. The van der Waals surface area contributed by atoms with E-state index in [2.05, 4.69) is 17.2 Å². The molecule has 0 amide bonds. The Kier molecular flexibility index (Phi) is 4.59. The average Bonchev–Trinajstić information content (AvgIpc) is 2.37. The molecule has 0 atom stereocenters. The first-order chi connectivity index (χ1) is 8.78. The summed E-state index contributed by atoms with van der Waals surface area (Å²) in [6, 6.07) is 10.6. The van der Waals surface area contributed by atoms with E-state index in [0.29, 0.717) is 0 Å². The second-order valence-electron chi connectivity index (χ2n) is 3.81. The Labute approximate surface area is 111 Å². The van der Waals surface area contributed by atoms with Crippen LogP contribution in [0.25, 0.3) is 0 Å². The zero-order valence-electron chi connectivity index (χ0n) is 10.2. The molecule has 2 nitrogen and oxygen atoms in total. The lowest BCUT2D eigenvalue weighted by Crippen LogP contribution is -1.97. The van der Waals surface area contributed by atoms with Gasteiger partial charge in [0.2, 0.25) is 0 Å². The predicted octanol–water partition coefficient (Wildman–Crippen LogP) is 3.94. The summed E-state index contributed by atoms with van der Waals surface area (Å²) < 4.78 is 13.0. The molecule has 1 N–H and O–H groups in total. The van der Waals surface area contributed by atoms with Crippen molar-refractivity contribution in [2.45, 2.75) is 17.6 Å². The van der Waals surface area contributed by atoms with Crippen LogP contribution in [0, 0.1) is 5.82 Å². The number of anilines is 1. The first kappa shape index (κ1) is 12.9. The van der Waals surface area contributed by atoms with Gasteiger partial charge in [0.1, 0.15) is 5.82 Å². The minimum atomic E-state index is -0.200. The largest absolute Gasteiger partial charge is 0.385 e. The van der Waals surface area contributed by atoms with Gasteiger partial charge in [-0.3, -0.25) is 4.98 Å². The highest BCUT2D eigenvalue weighted by molar-refractivity contribution is 7.98. The van der Waals surface area contributed by atoms with Gasteiger partial charge in [0, 0.05) is 29.1 Å². The molecule has 18 heavy (non-hydrogen) atoms. The van der Waals surface area contributed by atoms with E-state index in [1.807, 2.05) is 18.2 Å². The van der Waals surface area contributed by atoms with E-state index in [9.17, 15) is 4.39 Å². The summed E-state index contributed by atoms with van der Waals surface area (Å²) in [5.74, 6) is 0.539.